The molecule has 2 aliphatic carbocycles. The van der Waals surface area contributed by atoms with E-state index in [1.54, 1.807) is 0 Å². The number of rotatable bonds is 5. The first-order chi connectivity index (χ1) is 10.2. The third-order valence-electron chi connectivity index (χ3n) is 5.22. The molecule has 0 spiro atoms. The lowest BCUT2D eigenvalue weighted by Crippen LogP contribution is -2.40. The summed E-state index contributed by atoms with van der Waals surface area (Å²) in [6.07, 6.45) is 5.45. The summed E-state index contributed by atoms with van der Waals surface area (Å²) in [5.41, 5.74) is 0.716. The van der Waals surface area contributed by atoms with E-state index < -0.39 is 0 Å². The molecule has 1 aromatic rings. The van der Waals surface area contributed by atoms with Gasteiger partial charge < -0.3 is 10.1 Å². The minimum atomic E-state index is 0.0355. The van der Waals surface area contributed by atoms with E-state index in [9.17, 15) is 4.79 Å². The van der Waals surface area contributed by atoms with Crippen molar-refractivity contribution in [2.24, 2.45) is 17.8 Å². The molecule has 3 rings (SSSR count). The lowest BCUT2D eigenvalue weighted by atomic mass is 9.84. The number of hydrogen-bond acceptors (Lipinski definition) is 2. The van der Waals surface area contributed by atoms with Gasteiger partial charge in [-0.15, -0.1) is 0 Å². The zero-order valence-corrected chi connectivity index (χ0v) is 13.0. The van der Waals surface area contributed by atoms with Crippen LogP contribution in [0.5, 0.6) is 5.75 Å². The van der Waals surface area contributed by atoms with Gasteiger partial charge in [-0.2, -0.15) is 0 Å². The molecule has 1 aromatic carbocycles. The molecule has 1 N–H and O–H groups in total. The Hall–Kier alpha value is -1.51. The highest BCUT2D eigenvalue weighted by Gasteiger charge is 2.42. The van der Waals surface area contributed by atoms with Crippen molar-refractivity contribution in [2.45, 2.75) is 45.6 Å². The lowest BCUT2D eigenvalue weighted by Gasteiger charge is -2.28. The second-order valence-corrected chi connectivity index (χ2v) is 6.56. The zero-order chi connectivity index (χ0) is 14.8. The molecule has 1 amide bonds. The number of hydrogen-bond donors (Lipinski definition) is 1. The maximum atomic E-state index is 12.3. The molecule has 21 heavy (non-hydrogen) atoms. The van der Waals surface area contributed by atoms with E-state index in [1.807, 2.05) is 31.2 Å². The van der Waals surface area contributed by atoms with Gasteiger partial charge in [0.05, 0.1) is 6.61 Å². The molecule has 0 heterocycles. The molecule has 3 heteroatoms. The molecule has 2 saturated carbocycles. The van der Waals surface area contributed by atoms with Crippen LogP contribution in [0.25, 0.3) is 0 Å². The van der Waals surface area contributed by atoms with Gasteiger partial charge in [0.25, 0.3) is 5.91 Å². The summed E-state index contributed by atoms with van der Waals surface area (Å²) in [7, 11) is 0. The number of nitrogens with one attached hydrogen (secondary N) is 1. The first kappa shape index (κ1) is 14.4. The summed E-state index contributed by atoms with van der Waals surface area (Å²) in [6.45, 7) is 4.77. The van der Waals surface area contributed by atoms with Crippen molar-refractivity contribution in [3.63, 3.8) is 0 Å². The Labute approximate surface area is 127 Å². The normalized spacial score (nSPS) is 28.4. The van der Waals surface area contributed by atoms with Gasteiger partial charge in [0.2, 0.25) is 0 Å². The minimum absolute atomic E-state index is 0.0355. The van der Waals surface area contributed by atoms with Crippen LogP contribution in [0.2, 0.25) is 0 Å². The van der Waals surface area contributed by atoms with Gasteiger partial charge in [-0.25, -0.2) is 0 Å². The van der Waals surface area contributed by atoms with Crippen molar-refractivity contribution in [3.05, 3.63) is 29.8 Å². The van der Waals surface area contributed by atoms with Gasteiger partial charge in [0, 0.05) is 11.6 Å². The standard InChI is InChI=1S/C18H25NO2/c1-3-21-16-8-6-14(7-9-16)18(20)19-12(2)17-11-13-4-5-15(17)10-13/h6-9,12-13,15,17H,3-5,10-11H2,1-2H3,(H,19,20)/t12-,13+,15+,17-/m0/s1. The molecule has 4 atom stereocenters. The Morgan fingerprint density at radius 2 is 2.05 bits per heavy atom. The van der Waals surface area contributed by atoms with E-state index in [4.69, 9.17) is 4.74 Å². The van der Waals surface area contributed by atoms with Crippen LogP contribution in [-0.2, 0) is 0 Å². The van der Waals surface area contributed by atoms with E-state index in [0.717, 1.165) is 17.6 Å². The van der Waals surface area contributed by atoms with Crippen LogP contribution in [0.1, 0.15) is 49.9 Å². The highest BCUT2D eigenvalue weighted by atomic mass is 16.5. The molecule has 0 aromatic heterocycles. The highest BCUT2D eigenvalue weighted by Crippen LogP contribution is 2.49. The van der Waals surface area contributed by atoms with Gasteiger partial charge in [0.1, 0.15) is 5.75 Å². The summed E-state index contributed by atoms with van der Waals surface area (Å²) in [6, 6.07) is 7.68. The third-order valence-corrected chi connectivity index (χ3v) is 5.22. The number of ether oxygens (including phenoxy) is 1. The molecular formula is C18H25NO2. The van der Waals surface area contributed by atoms with Gasteiger partial charge in [0.15, 0.2) is 0 Å². The summed E-state index contributed by atoms with van der Waals surface area (Å²) in [4.78, 5) is 12.3. The van der Waals surface area contributed by atoms with E-state index in [-0.39, 0.29) is 11.9 Å². The third kappa shape index (κ3) is 3.07. The van der Waals surface area contributed by atoms with Gasteiger partial charge >= 0.3 is 0 Å². The molecule has 114 valence electrons. The molecule has 0 saturated heterocycles. The van der Waals surface area contributed by atoms with Crippen molar-refractivity contribution in [2.75, 3.05) is 6.61 Å². The van der Waals surface area contributed by atoms with Gasteiger partial charge in [-0.1, -0.05) is 6.42 Å². The van der Waals surface area contributed by atoms with Gasteiger partial charge in [-0.05, 0) is 75.1 Å². The highest BCUT2D eigenvalue weighted by molar-refractivity contribution is 5.94. The number of amides is 1. The number of carbonyl (C=O) groups excluding carboxylic acids is 1. The number of benzene rings is 1. The minimum Gasteiger partial charge on any atom is -0.494 e. The van der Waals surface area contributed by atoms with Crippen LogP contribution < -0.4 is 10.1 Å². The second kappa shape index (κ2) is 6.08. The first-order valence-electron chi connectivity index (χ1n) is 8.21. The summed E-state index contributed by atoms with van der Waals surface area (Å²) in [5, 5.41) is 3.19. The smallest absolute Gasteiger partial charge is 0.251 e. The van der Waals surface area contributed by atoms with Gasteiger partial charge in [-0.3, -0.25) is 4.79 Å². The topological polar surface area (TPSA) is 38.3 Å². The molecule has 2 bridgehead atoms. The quantitative estimate of drug-likeness (QED) is 0.898. The Balaban J connectivity index is 1.58. The molecule has 0 unspecified atom stereocenters. The SMILES string of the molecule is CCOc1ccc(C(=O)N[C@@H](C)[C@@H]2C[C@@H]3CC[C@@H]2C3)cc1. The Morgan fingerprint density at radius 3 is 2.62 bits per heavy atom. The second-order valence-electron chi connectivity index (χ2n) is 6.56. The fourth-order valence-electron chi connectivity index (χ4n) is 4.17. The van der Waals surface area contributed by atoms with Crippen LogP contribution in [0.15, 0.2) is 24.3 Å². The van der Waals surface area contributed by atoms with Crippen molar-refractivity contribution in [1.29, 1.82) is 0 Å². The molecule has 0 aliphatic heterocycles. The molecule has 2 aliphatic rings. The van der Waals surface area contributed by atoms with Crippen molar-refractivity contribution in [3.8, 4) is 5.75 Å². The summed E-state index contributed by atoms with van der Waals surface area (Å²) >= 11 is 0. The van der Waals surface area contributed by atoms with E-state index in [0.29, 0.717) is 18.1 Å². The first-order valence-corrected chi connectivity index (χ1v) is 8.21. The van der Waals surface area contributed by atoms with Crippen molar-refractivity contribution < 1.29 is 9.53 Å². The van der Waals surface area contributed by atoms with Crippen molar-refractivity contribution >= 4 is 5.91 Å². The van der Waals surface area contributed by atoms with Crippen LogP contribution in [0.4, 0.5) is 0 Å². The van der Waals surface area contributed by atoms with Crippen LogP contribution in [-0.4, -0.2) is 18.6 Å². The predicted molar refractivity (Wildman–Crippen MR) is 83.5 cm³/mol. The monoisotopic (exact) mass is 287 g/mol. The molecule has 3 nitrogen and oxygen atoms in total. The van der Waals surface area contributed by atoms with E-state index in [1.165, 1.54) is 25.7 Å². The van der Waals surface area contributed by atoms with Crippen molar-refractivity contribution in [1.82, 2.24) is 5.32 Å². The molecular weight excluding hydrogens is 262 g/mol. The predicted octanol–water partition coefficient (Wildman–Crippen LogP) is 3.64. The van der Waals surface area contributed by atoms with E-state index in [2.05, 4.69) is 12.2 Å². The summed E-state index contributed by atoms with van der Waals surface area (Å²) < 4.78 is 5.40. The van der Waals surface area contributed by atoms with Crippen LogP contribution >= 0.6 is 0 Å². The fraction of sp³-hybridized carbons (Fsp3) is 0.611. The fourth-order valence-corrected chi connectivity index (χ4v) is 4.17. The zero-order valence-electron chi connectivity index (χ0n) is 13.0. The summed E-state index contributed by atoms with van der Waals surface area (Å²) in [5.74, 6) is 3.29. The van der Waals surface area contributed by atoms with Crippen LogP contribution in [0.3, 0.4) is 0 Å². The van der Waals surface area contributed by atoms with E-state index >= 15 is 0 Å². The Morgan fingerprint density at radius 1 is 1.29 bits per heavy atom. The maximum absolute atomic E-state index is 12.3. The largest absolute Gasteiger partial charge is 0.494 e. The average molecular weight is 287 g/mol. The Kier molecular flexibility index (Phi) is 4.18. The molecule has 2 fully saturated rings. The van der Waals surface area contributed by atoms with Crippen LogP contribution in [0, 0.1) is 17.8 Å². The lowest BCUT2D eigenvalue weighted by molar-refractivity contribution is 0.0915. The molecule has 0 radical (unpaired) electrons. The maximum Gasteiger partial charge on any atom is 0.251 e. The average Bonchev–Trinajstić information content (AvgIpc) is 3.11. The number of fused-ring (bicyclic) bond motifs is 2. The Bertz CT molecular complexity index is 496. The number of carbonyl (C=O) groups is 1.